The molecule has 0 aromatic carbocycles. The summed E-state index contributed by atoms with van der Waals surface area (Å²) >= 11 is 0. The first-order valence-corrected chi connectivity index (χ1v) is 9.74. The van der Waals surface area contributed by atoms with E-state index in [9.17, 15) is 4.79 Å². The number of rotatable bonds is 3. The molecule has 156 valence electrons. The molecule has 10 nitrogen and oxygen atoms in total. The minimum Gasteiger partial charge on any atom is -0.372 e. The Bertz CT molecular complexity index is 1080. The van der Waals surface area contributed by atoms with Crippen molar-refractivity contribution in [3.8, 4) is 0 Å². The van der Waals surface area contributed by atoms with Gasteiger partial charge in [-0.05, 0) is 31.5 Å². The first-order chi connectivity index (χ1) is 14.5. The molecule has 5 N–H and O–H groups in total. The molecule has 10 heteroatoms. The molecule has 2 aliphatic heterocycles. The molecule has 3 aromatic heterocycles. The number of pyridine rings is 1. The highest BCUT2D eigenvalue weighted by Gasteiger charge is 2.43. The number of aryl methyl sites for hydroxylation is 2. The Labute approximate surface area is 173 Å². The van der Waals surface area contributed by atoms with Crippen molar-refractivity contribution in [3.05, 3.63) is 35.8 Å². The van der Waals surface area contributed by atoms with Gasteiger partial charge in [0.1, 0.15) is 11.5 Å². The molecule has 2 unspecified atom stereocenters. The van der Waals surface area contributed by atoms with E-state index in [2.05, 4.69) is 36.3 Å². The maximum Gasteiger partial charge on any atom is 0.231 e. The molecule has 2 fully saturated rings. The van der Waals surface area contributed by atoms with Gasteiger partial charge < -0.3 is 26.3 Å². The first-order valence-electron chi connectivity index (χ1n) is 9.74. The van der Waals surface area contributed by atoms with Crippen LogP contribution in [0.5, 0.6) is 0 Å². The quantitative estimate of drug-likeness (QED) is 0.474. The lowest BCUT2D eigenvalue weighted by Crippen LogP contribution is -2.30. The van der Waals surface area contributed by atoms with Crippen LogP contribution in [0.4, 0.5) is 17.5 Å². The zero-order valence-corrected chi connectivity index (χ0v) is 16.8. The van der Waals surface area contributed by atoms with Crippen LogP contribution in [-0.2, 0) is 9.59 Å². The van der Waals surface area contributed by atoms with Crippen LogP contribution < -0.4 is 21.3 Å². The third-order valence-corrected chi connectivity index (χ3v) is 5.55. The Morgan fingerprint density at radius 3 is 2.77 bits per heavy atom. The summed E-state index contributed by atoms with van der Waals surface area (Å²) in [5.41, 5.74) is 7.86. The zero-order chi connectivity index (χ0) is 21.3. The molecule has 2 saturated heterocycles. The predicted molar refractivity (Wildman–Crippen MR) is 113 cm³/mol. The van der Waals surface area contributed by atoms with E-state index in [1.54, 1.807) is 6.20 Å². The lowest BCUT2D eigenvalue weighted by Gasteiger charge is -2.17. The molecule has 2 aliphatic rings. The molecule has 5 rings (SSSR count). The second-order valence-electron chi connectivity index (χ2n) is 7.46. The number of carbonyl (C=O) groups is 2. The number of aromatic nitrogens is 4. The summed E-state index contributed by atoms with van der Waals surface area (Å²) in [4.78, 5) is 39.6. The van der Waals surface area contributed by atoms with E-state index in [4.69, 9.17) is 4.79 Å². The minimum atomic E-state index is 0.107. The fraction of sp³-hybridized carbons (Fsp3) is 0.350. The summed E-state index contributed by atoms with van der Waals surface area (Å²) in [6.07, 6.45) is 3.92. The molecule has 0 aliphatic carbocycles. The molecular weight excluding hydrogens is 384 g/mol. The van der Waals surface area contributed by atoms with Crippen molar-refractivity contribution in [2.24, 2.45) is 17.6 Å². The van der Waals surface area contributed by atoms with Crippen LogP contribution in [-0.4, -0.2) is 51.9 Å². The van der Waals surface area contributed by atoms with Gasteiger partial charge in [-0.2, -0.15) is 4.98 Å². The smallest absolute Gasteiger partial charge is 0.231 e. The van der Waals surface area contributed by atoms with Gasteiger partial charge in [0.25, 0.3) is 0 Å². The van der Waals surface area contributed by atoms with Crippen LogP contribution in [0.3, 0.4) is 0 Å². The number of amides is 2. The van der Waals surface area contributed by atoms with Gasteiger partial charge in [0.05, 0.1) is 23.5 Å². The van der Waals surface area contributed by atoms with E-state index in [1.165, 1.54) is 0 Å². The van der Waals surface area contributed by atoms with Gasteiger partial charge >= 0.3 is 0 Å². The highest BCUT2D eigenvalue weighted by molar-refractivity contribution is 5.98. The lowest BCUT2D eigenvalue weighted by atomic mass is 10.0. The van der Waals surface area contributed by atoms with E-state index in [0.29, 0.717) is 17.7 Å². The number of anilines is 3. The van der Waals surface area contributed by atoms with E-state index >= 15 is 0 Å². The maximum atomic E-state index is 12.5. The highest BCUT2D eigenvalue weighted by Crippen LogP contribution is 2.32. The number of nitrogens with two attached hydrogens (primary N) is 1. The number of primary amides is 1. The summed E-state index contributed by atoms with van der Waals surface area (Å²) in [6, 6.07) is 3.78. The Hall–Kier alpha value is -3.53. The minimum absolute atomic E-state index is 0.107. The van der Waals surface area contributed by atoms with Gasteiger partial charge in [-0.15, -0.1) is 0 Å². The largest absolute Gasteiger partial charge is 0.372 e. The highest BCUT2D eigenvalue weighted by atomic mass is 16.2. The van der Waals surface area contributed by atoms with Crippen molar-refractivity contribution in [2.45, 2.75) is 13.8 Å². The Morgan fingerprint density at radius 1 is 1.27 bits per heavy atom. The van der Waals surface area contributed by atoms with Crippen molar-refractivity contribution in [1.29, 1.82) is 0 Å². The molecule has 2 atom stereocenters. The van der Waals surface area contributed by atoms with Crippen LogP contribution in [0.25, 0.3) is 11.0 Å². The number of aromatic amines is 1. The van der Waals surface area contributed by atoms with Gasteiger partial charge in [-0.25, -0.2) is 9.97 Å². The number of fused-ring (bicyclic) bond motifs is 2. The summed E-state index contributed by atoms with van der Waals surface area (Å²) in [6.45, 7) is 6.46. The Morgan fingerprint density at radius 2 is 2.07 bits per heavy atom. The normalized spacial score (nSPS) is 20.1. The summed E-state index contributed by atoms with van der Waals surface area (Å²) in [5.74, 6) is 1.85. The van der Waals surface area contributed by atoms with Gasteiger partial charge in [-0.3, -0.25) is 9.59 Å². The van der Waals surface area contributed by atoms with Crippen molar-refractivity contribution < 1.29 is 9.59 Å². The van der Waals surface area contributed by atoms with E-state index in [1.807, 2.05) is 37.1 Å². The van der Waals surface area contributed by atoms with Crippen LogP contribution in [0.1, 0.15) is 11.3 Å². The van der Waals surface area contributed by atoms with E-state index in [0.717, 1.165) is 47.6 Å². The van der Waals surface area contributed by atoms with Crippen molar-refractivity contribution in [2.75, 3.05) is 29.9 Å². The van der Waals surface area contributed by atoms with Crippen molar-refractivity contribution in [3.63, 3.8) is 0 Å². The fourth-order valence-corrected chi connectivity index (χ4v) is 4.16. The average Bonchev–Trinajstić information content (AvgIpc) is 3.40. The van der Waals surface area contributed by atoms with Crippen LogP contribution in [0.15, 0.2) is 24.5 Å². The van der Waals surface area contributed by atoms with Crippen LogP contribution in [0.2, 0.25) is 0 Å². The number of hydrogen-bond donors (Lipinski definition) is 4. The second kappa shape index (κ2) is 8.07. The summed E-state index contributed by atoms with van der Waals surface area (Å²) in [7, 11) is 0. The van der Waals surface area contributed by atoms with Gasteiger partial charge in [0.2, 0.25) is 18.3 Å². The molecule has 2 amide bonds. The average molecular weight is 408 g/mol. The first kappa shape index (κ1) is 19.8. The fourth-order valence-electron chi connectivity index (χ4n) is 4.16. The van der Waals surface area contributed by atoms with Crippen molar-refractivity contribution in [1.82, 2.24) is 25.3 Å². The molecule has 5 heterocycles. The molecule has 0 bridgehead atoms. The molecule has 30 heavy (non-hydrogen) atoms. The number of nitrogens with one attached hydrogen (secondary N) is 3. The van der Waals surface area contributed by atoms with E-state index in [-0.39, 0.29) is 18.2 Å². The number of H-pyrrole nitrogens is 1. The molecule has 0 saturated carbocycles. The zero-order valence-electron chi connectivity index (χ0n) is 16.8. The number of hydrogen-bond acceptors (Lipinski definition) is 7. The second-order valence-corrected chi connectivity index (χ2v) is 7.46. The lowest BCUT2D eigenvalue weighted by molar-refractivity contribution is -0.120. The molecule has 0 radical (unpaired) electrons. The number of carbonyl (C=O) groups excluding carboxylic acids is 2. The van der Waals surface area contributed by atoms with Crippen LogP contribution in [0, 0.1) is 25.7 Å². The molecular formula is C20H24N8O2. The van der Waals surface area contributed by atoms with Gasteiger partial charge in [-0.1, -0.05) is 0 Å². The Kier molecular flexibility index (Phi) is 5.32. The molecule has 0 spiro atoms. The van der Waals surface area contributed by atoms with Crippen molar-refractivity contribution >= 4 is 40.8 Å². The summed E-state index contributed by atoms with van der Waals surface area (Å²) < 4.78 is 0. The topological polar surface area (TPSA) is 142 Å². The standard InChI is InChI=1S/C19H21N7O.CH3NO/c1-10-5-22-17-16(10)11(2)23-19(25-17)24-15-4-3-13(7-21-15)26-9-12-6-20-8-14(12)18(26)27;2-1-3/h3-5,7,12,14,20H,6,8-9H2,1-2H3,(H2,21,22,23,24,25);1H,(H2,2,3). The third kappa shape index (κ3) is 3.57. The Balaban J connectivity index is 0.000000687. The van der Waals surface area contributed by atoms with Crippen LogP contribution >= 0.6 is 0 Å². The summed E-state index contributed by atoms with van der Waals surface area (Å²) in [5, 5.41) is 7.49. The SMILES string of the molecule is Cc1c[nH]c2nc(Nc3ccc(N4CC5CNCC5C4=O)cn3)nc(C)c12.NC=O. The monoisotopic (exact) mass is 408 g/mol. The van der Waals surface area contributed by atoms with Gasteiger partial charge in [0.15, 0.2) is 0 Å². The third-order valence-electron chi connectivity index (χ3n) is 5.55. The number of nitrogens with zero attached hydrogens (tertiary/aromatic N) is 4. The maximum absolute atomic E-state index is 12.5. The predicted octanol–water partition coefficient (Wildman–Crippen LogP) is 0.997. The van der Waals surface area contributed by atoms with E-state index < -0.39 is 0 Å². The van der Waals surface area contributed by atoms with Gasteiger partial charge in [0, 0.05) is 37.1 Å². The molecule has 3 aromatic rings.